The fourth-order valence-corrected chi connectivity index (χ4v) is 0.725. The van der Waals surface area contributed by atoms with Gasteiger partial charge in [-0.2, -0.15) is 0 Å². The molecule has 0 bridgehead atoms. The quantitative estimate of drug-likeness (QED) is 0.514. The smallest absolute Gasteiger partial charge is 0.205 e. The van der Waals surface area contributed by atoms with Crippen molar-refractivity contribution < 1.29 is 0 Å². The van der Waals surface area contributed by atoms with Crippen LogP contribution < -0.4 is 0 Å². The van der Waals surface area contributed by atoms with Crippen LogP contribution in [0.15, 0.2) is 5.16 Å². The van der Waals surface area contributed by atoms with Crippen LogP contribution in [0.5, 0.6) is 0 Å². The van der Waals surface area contributed by atoms with Crippen LogP contribution in [-0.4, -0.2) is 14.8 Å². The normalized spacial score (nSPS) is 9.88. The molecule has 4 heteroatoms. The fourth-order valence-electron chi connectivity index (χ4n) is 0.446. The number of aromatic nitrogens is 3. The van der Waals surface area contributed by atoms with E-state index in [9.17, 15) is 0 Å². The zero-order valence-corrected chi connectivity index (χ0v) is 5.68. The monoisotopic (exact) mass is 129 g/mol. The van der Waals surface area contributed by atoms with Gasteiger partial charge < -0.3 is 0 Å². The van der Waals surface area contributed by atoms with Crippen LogP contribution in [0.25, 0.3) is 0 Å². The molecule has 1 heterocycles. The Bertz CT molecular complexity index is 174. The highest BCUT2D eigenvalue weighted by Crippen LogP contribution is 1.96. The Morgan fingerprint density at radius 2 is 2.25 bits per heavy atom. The number of hydrogen-bond acceptors (Lipinski definition) is 3. The summed E-state index contributed by atoms with van der Waals surface area (Å²) >= 11 is 3.93. The molecule has 0 aliphatic carbocycles. The standard InChI is InChI=1S/C4H7N3S/c1-3-5-4(8)6-7(3)2/h1-2H3,(H,6,8). The molecular weight excluding hydrogens is 122 g/mol. The van der Waals surface area contributed by atoms with E-state index in [4.69, 9.17) is 0 Å². The van der Waals surface area contributed by atoms with Crippen molar-refractivity contribution >= 4 is 12.6 Å². The lowest BCUT2D eigenvalue weighted by Crippen LogP contribution is -1.91. The molecule has 0 radical (unpaired) electrons. The summed E-state index contributed by atoms with van der Waals surface area (Å²) < 4.78 is 1.68. The van der Waals surface area contributed by atoms with Crippen molar-refractivity contribution in [3.05, 3.63) is 5.82 Å². The van der Waals surface area contributed by atoms with Gasteiger partial charge in [-0.1, -0.05) is 0 Å². The van der Waals surface area contributed by atoms with Crippen LogP contribution in [0, 0.1) is 6.92 Å². The van der Waals surface area contributed by atoms with Crippen molar-refractivity contribution in [1.82, 2.24) is 14.8 Å². The molecule has 0 atom stereocenters. The van der Waals surface area contributed by atoms with Gasteiger partial charge in [-0.3, -0.25) is 4.68 Å². The van der Waals surface area contributed by atoms with E-state index >= 15 is 0 Å². The van der Waals surface area contributed by atoms with Gasteiger partial charge in [0.05, 0.1) is 0 Å². The highest BCUT2D eigenvalue weighted by molar-refractivity contribution is 7.80. The summed E-state index contributed by atoms with van der Waals surface area (Å²) in [6.45, 7) is 1.88. The Hall–Kier alpha value is -0.510. The van der Waals surface area contributed by atoms with Crippen LogP contribution in [-0.2, 0) is 7.05 Å². The van der Waals surface area contributed by atoms with E-state index in [0.717, 1.165) is 5.82 Å². The predicted molar refractivity (Wildman–Crippen MR) is 33.0 cm³/mol. The first-order valence-corrected chi connectivity index (χ1v) is 2.71. The second-order valence-corrected chi connectivity index (χ2v) is 1.98. The second-order valence-electron chi connectivity index (χ2n) is 1.58. The molecule has 0 saturated carbocycles. The summed E-state index contributed by atoms with van der Waals surface area (Å²) in [4.78, 5) is 3.93. The Morgan fingerprint density at radius 1 is 1.62 bits per heavy atom. The topological polar surface area (TPSA) is 30.7 Å². The molecule has 0 aliphatic rings. The third kappa shape index (κ3) is 0.838. The highest BCUT2D eigenvalue weighted by Gasteiger charge is 1.94. The lowest BCUT2D eigenvalue weighted by molar-refractivity contribution is 0.716. The molecule has 3 nitrogen and oxygen atoms in total. The van der Waals surface area contributed by atoms with Crippen molar-refractivity contribution in [1.29, 1.82) is 0 Å². The molecule has 1 aromatic rings. The van der Waals surface area contributed by atoms with E-state index in [1.54, 1.807) is 4.68 Å². The predicted octanol–water partition coefficient (Wildman–Crippen LogP) is 0.412. The summed E-state index contributed by atoms with van der Waals surface area (Å²) in [5.74, 6) is 0.884. The second kappa shape index (κ2) is 1.78. The maximum Gasteiger partial charge on any atom is 0.205 e. The van der Waals surface area contributed by atoms with Crippen molar-refractivity contribution in [3.8, 4) is 0 Å². The van der Waals surface area contributed by atoms with Gasteiger partial charge in [-0.15, -0.1) is 17.7 Å². The lowest BCUT2D eigenvalue weighted by atomic mass is 10.7. The van der Waals surface area contributed by atoms with Crippen LogP contribution >= 0.6 is 12.6 Å². The molecule has 0 aliphatic heterocycles. The average Bonchev–Trinajstić information content (AvgIpc) is 1.85. The van der Waals surface area contributed by atoms with E-state index in [1.165, 1.54) is 0 Å². The van der Waals surface area contributed by atoms with Gasteiger partial charge in [0, 0.05) is 7.05 Å². The van der Waals surface area contributed by atoms with Gasteiger partial charge in [-0.25, -0.2) is 4.98 Å². The fraction of sp³-hybridized carbons (Fsp3) is 0.500. The maximum absolute atomic E-state index is 3.93. The van der Waals surface area contributed by atoms with E-state index in [-0.39, 0.29) is 0 Å². The third-order valence-corrected chi connectivity index (χ3v) is 1.16. The number of thiol groups is 1. The third-order valence-electron chi connectivity index (χ3n) is 0.970. The molecule has 1 rings (SSSR count). The first-order chi connectivity index (χ1) is 3.70. The van der Waals surface area contributed by atoms with E-state index in [1.807, 2.05) is 14.0 Å². The molecule has 0 saturated heterocycles. The van der Waals surface area contributed by atoms with Crippen molar-refractivity contribution in [2.24, 2.45) is 7.05 Å². The first kappa shape index (κ1) is 5.62. The summed E-state index contributed by atoms with van der Waals surface area (Å²) in [6.07, 6.45) is 0. The minimum absolute atomic E-state index is 0.532. The summed E-state index contributed by atoms with van der Waals surface area (Å²) in [5, 5.41) is 4.41. The summed E-state index contributed by atoms with van der Waals surface area (Å²) in [6, 6.07) is 0. The molecule has 0 amide bonds. The van der Waals surface area contributed by atoms with Gasteiger partial charge >= 0.3 is 0 Å². The molecule has 0 fully saturated rings. The molecule has 44 valence electrons. The van der Waals surface area contributed by atoms with Crippen molar-refractivity contribution in [2.75, 3.05) is 0 Å². The molecule has 0 N–H and O–H groups in total. The zero-order valence-electron chi connectivity index (χ0n) is 4.79. The Morgan fingerprint density at radius 3 is 2.38 bits per heavy atom. The number of rotatable bonds is 0. The Kier molecular flexibility index (Phi) is 1.25. The number of hydrogen-bond donors (Lipinski definition) is 1. The maximum atomic E-state index is 3.93. The Labute approximate surface area is 53.1 Å². The molecule has 0 unspecified atom stereocenters. The average molecular weight is 129 g/mol. The van der Waals surface area contributed by atoms with Gasteiger partial charge in [0.1, 0.15) is 5.82 Å². The van der Waals surface area contributed by atoms with Gasteiger partial charge in [0.25, 0.3) is 0 Å². The van der Waals surface area contributed by atoms with Crippen LogP contribution in [0.1, 0.15) is 5.82 Å². The first-order valence-electron chi connectivity index (χ1n) is 2.27. The van der Waals surface area contributed by atoms with E-state index in [2.05, 4.69) is 22.7 Å². The minimum Gasteiger partial charge on any atom is -0.252 e. The zero-order chi connectivity index (χ0) is 6.15. The molecular formula is C4H7N3S. The lowest BCUT2D eigenvalue weighted by Gasteiger charge is -1.84. The SMILES string of the molecule is Cc1nc(S)nn1C. The van der Waals surface area contributed by atoms with Gasteiger partial charge in [-0.05, 0) is 6.92 Å². The van der Waals surface area contributed by atoms with Crippen molar-refractivity contribution in [2.45, 2.75) is 12.1 Å². The van der Waals surface area contributed by atoms with Gasteiger partial charge in [0.15, 0.2) is 0 Å². The molecule has 0 spiro atoms. The largest absolute Gasteiger partial charge is 0.252 e. The number of nitrogens with zero attached hydrogens (tertiary/aromatic N) is 3. The van der Waals surface area contributed by atoms with Crippen molar-refractivity contribution in [3.63, 3.8) is 0 Å². The van der Waals surface area contributed by atoms with Gasteiger partial charge in [0.2, 0.25) is 5.16 Å². The van der Waals surface area contributed by atoms with E-state index < -0.39 is 0 Å². The summed E-state index contributed by atoms with van der Waals surface area (Å²) in [5.41, 5.74) is 0. The number of aryl methyl sites for hydroxylation is 2. The van der Waals surface area contributed by atoms with Crippen LogP contribution in [0.4, 0.5) is 0 Å². The minimum atomic E-state index is 0.532. The summed E-state index contributed by atoms with van der Waals surface area (Å²) in [7, 11) is 1.84. The highest BCUT2D eigenvalue weighted by atomic mass is 32.1. The molecule has 1 aromatic heterocycles. The van der Waals surface area contributed by atoms with E-state index in [0.29, 0.717) is 5.16 Å². The van der Waals surface area contributed by atoms with Crippen LogP contribution in [0.3, 0.4) is 0 Å². The Balaban J connectivity index is 3.14. The van der Waals surface area contributed by atoms with Crippen LogP contribution in [0.2, 0.25) is 0 Å². The molecule has 0 aromatic carbocycles. The molecule has 8 heavy (non-hydrogen) atoms.